The zero-order chi connectivity index (χ0) is 22.0. The highest BCUT2D eigenvalue weighted by Gasteiger charge is 2.15. The van der Waals surface area contributed by atoms with E-state index in [1.54, 1.807) is 29.6 Å². The molecule has 8 nitrogen and oxygen atoms in total. The summed E-state index contributed by atoms with van der Waals surface area (Å²) in [6.45, 7) is 0. The fourth-order valence-electron chi connectivity index (χ4n) is 2.77. The molecule has 0 saturated heterocycles. The summed E-state index contributed by atoms with van der Waals surface area (Å²) in [5.74, 6) is 0. The van der Waals surface area contributed by atoms with Gasteiger partial charge in [-0.25, -0.2) is 9.78 Å². The number of nitro benzene ring substituents is 1. The van der Waals surface area contributed by atoms with Crippen molar-refractivity contribution in [3.8, 4) is 17.3 Å². The van der Waals surface area contributed by atoms with E-state index in [-0.39, 0.29) is 22.4 Å². The monoisotopic (exact) mass is 450 g/mol. The highest BCUT2D eigenvalue weighted by Crippen LogP contribution is 2.28. The maximum Gasteiger partial charge on any atom is 0.345 e. The van der Waals surface area contributed by atoms with Crippen molar-refractivity contribution >= 4 is 50.9 Å². The Labute approximate surface area is 183 Å². The van der Waals surface area contributed by atoms with Crippen LogP contribution in [-0.4, -0.2) is 9.91 Å². The Balaban J connectivity index is 1.67. The van der Waals surface area contributed by atoms with E-state index in [2.05, 4.69) is 16.4 Å². The normalized spacial score (nSPS) is 11.3. The zero-order valence-electron chi connectivity index (χ0n) is 15.5. The van der Waals surface area contributed by atoms with Crippen molar-refractivity contribution in [1.82, 2.24) is 4.98 Å². The van der Waals surface area contributed by atoms with Crippen LogP contribution >= 0.6 is 22.9 Å². The third-order valence-electron chi connectivity index (χ3n) is 4.28. The van der Waals surface area contributed by atoms with Crippen LogP contribution in [0.3, 0.4) is 0 Å². The lowest BCUT2D eigenvalue weighted by atomic mass is 10.1. The molecule has 10 heteroatoms. The van der Waals surface area contributed by atoms with Gasteiger partial charge in [0.05, 0.1) is 16.2 Å². The first-order chi connectivity index (χ1) is 14.9. The van der Waals surface area contributed by atoms with E-state index in [4.69, 9.17) is 16.0 Å². The molecule has 0 aliphatic carbocycles. The number of non-ortho nitro benzene ring substituents is 1. The molecular weight excluding hydrogens is 440 g/mol. The predicted molar refractivity (Wildman–Crippen MR) is 119 cm³/mol. The number of benzene rings is 2. The molecule has 2 aromatic carbocycles. The first kappa shape index (κ1) is 20.3. The molecule has 0 aliphatic rings. The molecule has 0 spiro atoms. The SMILES string of the molecule is N#C/C(=C\Nc1ccc(Cl)cc1)c1nc(-c2cc3cc([N+](=O)[O-])ccc3oc2=O)cs1. The molecule has 0 radical (unpaired) electrons. The fourth-order valence-corrected chi connectivity index (χ4v) is 3.68. The van der Waals surface area contributed by atoms with Crippen LogP contribution in [0.25, 0.3) is 27.8 Å². The quantitative estimate of drug-likeness (QED) is 0.185. The highest BCUT2D eigenvalue weighted by atomic mass is 35.5. The Kier molecular flexibility index (Phi) is 5.49. The van der Waals surface area contributed by atoms with Crippen LogP contribution in [0.1, 0.15) is 5.01 Å². The smallest absolute Gasteiger partial charge is 0.345 e. The molecule has 0 unspecified atom stereocenters. The van der Waals surface area contributed by atoms with Gasteiger partial charge in [-0.3, -0.25) is 10.1 Å². The number of thiazole rings is 1. The molecule has 4 rings (SSSR count). The standard InChI is InChI=1S/C21H11ClN4O4S/c22-14-1-3-15(4-2-14)24-10-13(9-23)20-25-18(11-31-20)17-8-12-7-16(26(28)29)5-6-19(12)30-21(17)27/h1-8,10-11,24H/b13-10+. The number of halogens is 1. The maximum atomic E-state index is 12.4. The van der Waals surface area contributed by atoms with E-state index in [0.29, 0.717) is 21.1 Å². The Bertz CT molecular complexity index is 1430. The number of hydrogen-bond donors (Lipinski definition) is 1. The first-order valence-corrected chi connectivity index (χ1v) is 10.0. The van der Waals surface area contributed by atoms with Crippen molar-refractivity contribution in [3.05, 3.63) is 90.7 Å². The van der Waals surface area contributed by atoms with Gasteiger partial charge in [-0.2, -0.15) is 5.26 Å². The second-order valence-electron chi connectivity index (χ2n) is 6.29. The average Bonchev–Trinajstić information content (AvgIpc) is 3.24. The van der Waals surface area contributed by atoms with Gasteiger partial charge in [-0.15, -0.1) is 11.3 Å². The molecule has 1 N–H and O–H groups in total. The zero-order valence-corrected chi connectivity index (χ0v) is 17.1. The molecule has 4 aromatic rings. The maximum absolute atomic E-state index is 12.4. The van der Waals surface area contributed by atoms with Crippen molar-refractivity contribution in [2.75, 3.05) is 5.32 Å². The molecule has 0 amide bonds. The van der Waals surface area contributed by atoms with Gasteiger partial charge in [0.1, 0.15) is 22.2 Å². The highest BCUT2D eigenvalue weighted by molar-refractivity contribution is 7.11. The Morgan fingerprint density at radius 1 is 1.26 bits per heavy atom. The number of anilines is 1. The molecular formula is C21H11ClN4O4S. The molecule has 0 saturated carbocycles. The van der Waals surface area contributed by atoms with Gasteiger partial charge in [-0.1, -0.05) is 11.6 Å². The second-order valence-corrected chi connectivity index (χ2v) is 7.58. The predicted octanol–water partition coefficient (Wildman–Crippen LogP) is 5.45. The van der Waals surface area contributed by atoms with Crippen LogP contribution < -0.4 is 10.9 Å². The summed E-state index contributed by atoms with van der Waals surface area (Å²) < 4.78 is 5.28. The van der Waals surface area contributed by atoms with Crippen LogP contribution in [0.2, 0.25) is 5.02 Å². The van der Waals surface area contributed by atoms with Crippen LogP contribution in [0, 0.1) is 21.4 Å². The summed E-state index contributed by atoms with van der Waals surface area (Å²) in [7, 11) is 0. The van der Waals surface area contributed by atoms with Crippen LogP contribution in [-0.2, 0) is 0 Å². The number of nitrogens with zero attached hydrogens (tertiary/aromatic N) is 3. The van der Waals surface area contributed by atoms with Crippen LogP contribution in [0.5, 0.6) is 0 Å². The second kappa shape index (κ2) is 8.39. The summed E-state index contributed by atoms with van der Waals surface area (Å²) in [6, 6.07) is 14.5. The lowest BCUT2D eigenvalue weighted by Gasteiger charge is -2.01. The minimum absolute atomic E-state index is 0.116. The molecule has 0 aliphatic heterocycles. The number of nitriles is 1. The molecule has 2 heterocycles. The van der Waals surface area contributed by atoms with Gasteiger partial charge in [-0.05, 0) is 36.4 Å². The van der Waals surface area contributed by atoms with E-state index in [1.165, 1.54) is 41.8 Å². The van der Waals surface area contributed by atoms with E-state index in [0.717, 1.165) is 5.69 Å². The van der Waals surface area contributed by atoms with Crippen LogP contribution in [0.15, 0.2) is 69.3 Å². The van der Waals surface area contributed by atoms with Gasteiger partial charge in [0, 0.05) is 39.8 Å². The van der Waals surface area contributed by atoms with Crippen molar-refractivity contribution in [1.29, 1.82) is 5.26 Å². The largest absolute Gasteiger partial charge is 0.422 e. The fraction of sp³-hybridized carbons (Fsp3) is 0. The lowest BCUT2D eigenvalue weighted by molar-refractivity contribution is -0.384. The van der Waals surface area contributed by atoms with Crippen molar-refractivity contribution < 1.29 is 9.34 Å². The number of nitrogens with one attached hydrogen (secondary N) is 1. The van der Waals surface area contributed by atoms with E-state index >= 15 is 0 Å². The minimum atomic E-state index is -0.625. The Hall–Kier alpha value is -4.00. The number of hydrogen-bond acceptors (Lipinski definition) is 8. The number of aromatic nitrogens is 1. The topological polar surface area (TPSA) is 122 Å². The first-order valence-electron chi connectivity index (χ1n) is 8.75. The molecule has 152 valence electrons. The van der Waals surface area contributed by atoms with Crippen LogP contribution in [0.4, 0.5) is 11.4 Å². The van der Waals surface area contributed by atoms with Gasteiger partial charge >= 0.3 is 5.63 Å². The number of nitro groups is 1. The molecule has 2 aromatic heterocycles. The summed E-state index contributed by atoms with van der Waals surface area (Å²) in [6.07, 6.45) is 1.51. The Morgan fingerprint density at radius 3 is 2.74 bits per heavy atom. The van der Waals surface area contributed by atoms with Gasteiger partial charge in [0.2, 0.25) is 0 Å². The Morgan fingerprint density at radius 2 is 2.03 bits per heavy atom. The molecule has 0 fully saturated rings. The molecule has 31 heavy (non-hydrogen) atoms. The van der Waals surface area contributed by atoms with Crippen molar-refractivity contribution in [3.63, 3.8) is 0 Å². The third kappa shape index (κ3) is 4.30. The van der Waals surface area contributed by atoms with E-state index in [9.17, 15) is 20.2 Å². The minimum Gasteiger partial charge on any atom is -0.422 e. The third-order valence-corrected chi connectivity index (χ3v) is 5.41. The number of allylic oxidation sites excluding steroid dienone is 1. The average molecular weight is 451 g/mol. The van der Waals surface area contributed by atoms with Crippen molar-refractivity contribution in [2.24, 2.45) is 0 Å². The van der Waals surface area contributed by atoms with E-state index < -0.39 is 10.5 Å². The summed E-state index contributed by atoms with van der Waals surface area (Å²) >= 11 is 7.05. The summed E-state index contributed by atoms with van der Waals surface area (Å²) in [4.78, 5) is 27.3. The number of fused-ring (bicyclic) bond motifs is 1. The van der Waals surface area contributed by atoms with Gasteiger partial charge in [0.25, 0.3) is 5.69 Å². The summed E-state index contributed by atoms with van der Waals surface area (Å²) in [5.41, 5.74) is 0.972. The van der Waals surface area contributed by atoms with Gasteiger partial charge < -0.3 is 9.73 Å². The lowest BCUT2D eigenvalue weighted by Crippen LogP contribution is -2.03. The summed E-state index contributed by atoms with van der Waals surface area (Å²) in [5, 5.41) is 26.5. The van der Waals surface area contributed by atoms with E-state index in [1.807, 2.05) is 0 Å². The van der Waals surface area contributed by atoms with Gasteiger partial charge in [0.15, 0.2) is 0 Å². The number of rotatable bonds is 5. The van der Waals surface area contributed by atoms with Crippen molar-refractivity contribution in [2.45, 2.75) is 0 Å². The molecule has 0 bridgehead atoms. The molecule has 0 atom stereocenters.